The van der Waals surface area contributed by atoms with Crippen molar-refractivity contribution in [3.05, 3.63) is 39.8 Å². The summed E-state index contributed by atoms with van der Waals surface area (Å²) >= 11 is 1.31. The molecule has 1 heterocycles. The number of oxime groups is 1. The molecule has 0 saturated heterocycles. The highest BCUT2D eigenvalue weighted by Crippen LogP contribution is 2.33. The fraction of sp³-hybridized carbons (Fsp3) is 0.350. The fourth-order valence-corrected chi connectivity index (χ4v) is 3.52. The molecule has 0 atom stereocenters. The van der Waals surface area contributed by atoms with Crippen molar-refractivity contribution in [2.75, 3.05) is 32.8 Å². The molecule has 1 aromatic carbocycles. The number of benzene rings is 1. The highest BCUT2D eigenvalue weighted by molar-refractivity contribution is 7.16. The molecule has 9 heteroatoms. The zero-order valence-electron chi connectivity index (χ0n) is 17.0. The van der Waals surface area contributed by atoms with Crippen molar-refractivity contribution in [1.29, 1.82) is 0 Å². The lowest BCUT2D eigenvalue weighted by molar-refractivity contribution is -0.120. The van der Waals surface area contributed by atoms with Gasteiger partial charge in [0.2, 0.25) is 0 Å². The van der Waals surface area contributed by atoms with Gasteiger partial charge < -0.3 is 24.4 Å². The topological polar surface area (TPSA) is 95.5 Å². The standard InChI is InChI=1S/C20H24N2O6S/c1-6-27-20(24)18-12(2)13(3)29-19(18)22-17(23)11-28-21-10-14-7-8-15(25-4)16(9-14)26-5/h7-10H,6,11H2,1-5H3,(H,22,23)/b21-10+. The van der Waals surface area contributed by atoms with E-state index in [9.17, 15) is 9.59 Å². The third-order valence-corrected chi connectivity index (χ3v) is 5.12. The van der Waals surface area contributed by atoms with Gasteiger partial charge in [-0.15, -0.1) is 11.3 Å². The van der Waals surface area contributed by atoms with E-state index in [1.165, 1.54) is 24.7 Å². The molecule has 1 aromatic heterocycles. The molecule has 0 unspecified atom stereocenters. The van der Waals surface area contributed by atoms with E-state index in [1.807, 2.05) is 13.8 Å². The molecule has 0 saturated carbocycles. The zero-order chi connectivity index (χ0) is 21.4. The van der Waals surface area contributed by atoms with Crippen LogP contribution in [0.5, 0.6) is 11.5 Å². The van der Waals surface area contributed by atoms with Gasteiger partial charge in [0.25, 0.3) is 5.91 Å². The van der Waals surface area contributed by atoms with E-state index in [0.717, 1.165) is 16.0 Å². The molecule has 0 aliphatic heterocycles. The summed E-state index contributed by atoms with van der Waals surface area (Å²) in [4.78, 5) is 30.3. The maximum atomic E-state index is 12.2. The number of thiophene rings is 1. The third-order valence-electron chi connectivity index (χ3n) is 4.00. The summed E-state index contributed by atoms with van der Waals surface area (Å²) in [6, 6.07) is 5.25. The second-order valence-corrected chi connectivity index (χ2v) is 7.10. The smallest absolute Gasteiger partial charge is 0.341 e. The van der Waals surface area contributed by atoms with Crippen LogP contribution >= 0.6 is 11.3 Å². The van der Waals surface area contributed by atoms with Gasteiger partial charge in [-0.1, -0.05) is 5.16 Å². The summed E-state index contributed by atoms with van der Waals surface area (Å²) in [5.41, 5.74) is 1.88. The van der Waals surface area contributed by atoms with Gasteiger partial charge in [-0.05, 0) is 44.5 Å². The number of hydrogen-bond donors (Lipinski definition) is 1. The molecule has 8 nitrogen and oxygen atoms in total. The van der Waals surface area contributed by atoms with Gasteiger partial charge in [-0.3, -0.25) is 4.79 Å². The van der Waals surface area contributed by atoms with Crippen molar-refractivity contribution in [2.24, 2.45) is 5.16 Å². The number of amides is 1. The average molecular weight is 420 g/mol. The normalized spacial score (nSPS) is 10.7. The Morgan fingerprint density at radius 2 is 1.90 bits per heavy atom. The second kappa shape index (κ2) is 10.5. The third kappa shape index (κ3) is 5.71. The average Bonchev–Trinajstić information content (AvgIpc) is 2.98. The molecule has 0 aliphatic rings. The van der Waals surface area contributed by atoms with Crippen molar-refractivity contribution in [1.82, 2.24) is 0 Å². The van der Waals surface area contributed by atoms with Crippen LogP contribution in [0.25, 0.3) is 0 Å². The first kappa shape index (κ1) is 22.2. The molecule has 0 fully saturated rings. The van der Waals surface area contributed by atoms with Gasteiger partial charge >= 0.3 is 5.97 Å². The Morgan fingerprint density at radius 1 is 1.17 bits per heavy atom. The highest BCUT2D eigenvalue weighted by Gasteiger charge is 2.22. The number of hydrogen-bond acceptors (Lipinski definition) is 8. The van der Waals surface area contributed by atoms with Crippen molar-refractivity contribution in [3.63, 3.8) is 0 Å². The number of aryl methyl sites for hydroxylation is 1. The van der Waals surface area contributed by atoms with Crippen LogP contribution in [0.2, 0.25) is 0 Å². The van der Waals surface area contributed by atoms with Gasteiger partial charge in [0.15, 0.2) is 18.1 Å². The summed E-state index contributed by atoms with van der Waals surface area (Å²) in [6.45, 7) is 5.38. The summed E-state index contributed by atoms with van der Waals surface area (Å²) in [7, 11) is 3.09. The Hall–Kier alpha value is -3.07. The fourth-order valence-electron chi connectivity index (χ4n) is 2.45. The quantitative estimate of drug-likeness (QED) is 0.379. The van der Waals surface area contributed by atoms with E-state index in [2.05, 4.69) is 10.5 Å². The van der Waals surface area contributed by atoms with E-state index < -0.39 is 11.9 Å². The minimum atomic E-state index is -0.461. The van der Waals surface area contributed by atoms with Crippen LogP contribution in [-0.4, -0.2) is 45.5 Å². The van der Waals surface area contributed by atoms with Crippen molar-refractivity contribution < 1.29 is 28.6 Å². The lowest BCUT2D eigenvalue weighted by Crippen LogP contribution is -2.18. The van der Waals surface area contributed by atoms with Crippen molar-refractivity contribution in [3.8, 4) is 11.5 Å². The Bertz CT molecular complexity index is 907. The van der Waals surface area contributed by atoms with Gasteiger partial charge in [0, 0.05) is 10.4 Å². The Kier molecular flexibility index (Phi) is 8.02. The number of methoxy groups -OCH3 is 2. The number of nitrogens with one attached hydrogen (secondary N) is 1. The minimum absolute atomic E-state index is 0.258. The van der Waals surface area contributed by atoms with E-state index >= 15 is 0 Å². The van der Waals surface area contributed by atoms with Crippen LogP contribution in [0.1, 0.15) is 33.3 Å². The summed E-state index contributed by atoms with van der Waals surface area (Å²) in [6.07, 6.45) is 1.46. The van der Waals surface area contributed by atoms with Crippen LogP contribution in [0, 0.1) is 13.8 Å². The molecular weight excluding hydrogens is 396 g/mol. The van der Waals surface area contributed by atoms with E-state index in [1.54, 1.807) is 32.2 Å². The first-order valence-electron chi connectivity index (χ1n) is 8.85. The lowest BCUT2D eigenvalue weighted by atomic mass is 10.1. The molecule has 29 heavy (non-hydrogen) atoms. The summed E-state index contributed by atoms with van der Waals surface area (Å²) in [5, 5.41) is 6.92. The number of ether oxygens (including phenoxy) is 3. The molecule has 0 spiro atoms. The van der Waals surface area contributed by atoms with Gasteiger partial charge in [0.05, 0.1) is 32.6 Å². The Balaban J connectivity index is 1.96. The number of nitrogens with zero attached hydrogens (tertiary/aromatic N) is 1. The number of carbonyl (C=O) groups excluding carboxylic acids is 2. The number of carbonyl (C=O) groups is 2. The SMILES string of the molecule is CCOC(=O)c1c(NC(=O)CO/N=C/c2ccc(OC)c(OC)c2)sc(C)c1C. The van der Waals surface area contributed by atoms with Crippen molar-refractivity contribution >= 4 is 34.4 Å². The zero-order valence-corrected chi connectivity index (χ0v) is 17.8. The molecule has 2 rings (SSSR count). The van der Waals surface area contributed by atoms with Crippen LogP contribution in [0.15, 0.2) is 23.4 Å². The van der Waals surface area contributed by atoms with Crippen LogP contribution < -0.4 is 14.8 Å². The number of rotatable bonds is 9. The largest absolute Gasteiger partial charge is 0.493 e. The summed E-state index contributed by atoms with van der Waals surface area (Å²) < 4.78 is 15.5. The van der Waals surface area contributed by atoms with E-state index in [-0.39, 0.29) is 13.2 Å². The molecule has 156 valence electrons. The highest BCUT2D eigenvalue weighted by atomic mass is 32.1. The molecule has 0 bridgehead atoms. The molecular formula is C20H24N2O6S. The minimum Gasteiger partial charge on any atom is -0.493 e. The molecule has 2 aromatic rings. The molecule has 0 radical (unpaired) electrons. The van der Waals surface area contributed by atoms with Gasteiger partial charge in [-0.25, -0.2) is 4.79 Å². The first-order valence-corrected chi connectivity index (χ1v) is 9.67. The van der Waals surface area contributed by atoms with E-state index in [0.29, 0.717) is 22.1 Å². The Morgan fingerprint density at radius 3 is 2.55 bits per heavy atom. The number of esters is 1. The lowest BCUT2D eigenvalue weighted by Gasteiger charge is -2.07. The van der Waals surface area contributed by atoms with Crippen LogP contribution in [-0.2, 0) is 14.4 Å². The van der Waals surface area contributed by atoms with E-state index in [4.69, 9.17) is 19.0 Å². The Labute approximate surface area is 173 Å². The predicted molar refractivity (Wildman–Crippen MR) is 111 cm³/mol. The first-order chi connectivity index (χ1) is 13.9. The molecule has 0 aliphatic carbocycles. The number of anilines is 1. The predicted octanol–water partition coefficient (Wildman–Crippen LogP) is 3.55. The van der Waals surface area contributed by atoms with Crippen LogP contribution in [0.4, 0.5) is 5.00 Å². The monoisotopic (exact) mass is 420 g/mol. The molecule has 1 amide bonds. The second-order valence-electron chi connectivity index (χ2n) is 5.88. The van der Waals surface area contributed by atoms with Crippen molar-refractivity contribution in [2.45, 2.75) is 20.8 Å². The molecule has 1 N–H and O–H groups in total. The van der Waals surface area contributed by atoms with Crippen LogP contribution in [0.3, 0.4) is 0 Å². The van der Waals surface area contributed by atoms with Gasteiger partial charge in [0.1, 0.15) is 5.00 Å². The maximum absolute atomic E-state index is 12.2. The summed E-state index contributed by atoms with van der Waals surface area (Å²) in [5.74, 6) is 0.270. The van der Waals surface area contributed by atoms with Gasteiger partial charge in [-0.2, -0.15) is 0 Å². The maximum Gasteiger partial charge on any atom is 0.341 e.